The van der Waals surface area contributed by atoms with E-state index in [1.54, 1.807) is 39.3 Å². The van der Waals surface area contributed by atoms with E-state index in [4.69, 9.17) is 9.47 Å². The molecule has 1 unspecified atom stereocenters. The molecule has 0 bridgehead atoms. The summed E-state index contributed by atoms with van der Waals surface area (Å²) in [6.45, 7) is 5.48. The minimum Gasteiger partial charge on any atom is -0.497 e. The number of methoxy groups -OCH3 is 2. The van der Waals surface area contributed by atoms with Gasteiger partial charge in [-0.15, -0.1) is 0 Å². The van der Waals surface area contributed by atoms with Gasteiger partial charge in [0.05, 0.1) is 14.2 Å². The molecule has 0 amide bonds. The van der Waals surface area contributed by atoms with Crippen molar-refractivity contribution < 1.29 is 14.6 Å². The SMILES string of the molecule is C=C(C)C(O)c1ccc(OC)cc1OC. The van der Waals surface area contributed by atoms with Gasteiger partial charge >= 0.3 is 0 Å². The highest BCUT2D eigenvalue weighted by molar-refractivity contribution is 5.43. The van der Waals surface area contributed by atoms with Gasteiger partial charge in [0.1, 0.15) is 17.6 Å². The number of rotatable bonds is 4. The van der Waals surface area contributed by atoms with Crippen molar-refractivity contribution in [3.8, 4) is 11.5 Å². The zero-order valence-corrected chi connectivity index (χ0v) is 9.28. The molecule has 0 saturated heterocycles. The topological polar surface area (TPSA) is 38.7 Å². The smallest absolute Gasteiger partial charge is 0.128 e. The van der Waals surface area contributed by atoms with Crippen LogP contribution in [0.2, 0.25) is 0 Å². The second-order valence-corrected chi connectivity index (χ2v) is 3.36. The van der Waals surface area contributed by atoms with Crippen LogP contribution in [0.25, 0.3) is 0 Å². The van der Waals surface area contributed by atoms with Gasteiger partial charge in [0.25, 0.3) is 0 Å². The first-order valence-electron chi connectivity index (χ1n) is 4.65. The van der Waals surface area contributed by atoms with Crippen LogP contribution in [0.1, 0.15) is 18.6 Å². The van der Waals surface area contributed by atoms with Crippen molar-refractivity contribution in [1.82, 2.24) is 0 Å². The molecule has 0 aromatic heterocycles. The van der Waals surface area contributed by atoms with Gasteiger partial charge < -0.3 is 14.6 Å². The lowest BCUT2D eigenvalue weighted by molar-refractivity contribution is 0.210. The molecule has 82 valence electrons. The standard InChI is InChI=1S/C12H16O3/c1-8(2)12(13)10-6-5-9(14-3)7-11(10)15-4/h5-7,12-13H,1H2,2-4H3. The molecule has 0 aliphatic rings. The summed E-state index contributed by atoms with van der Waals surface area (Å²) in [6, 6.07) is 5.29. The minimum absolute atomic E-state index is 0.602. The quantitative estimate of drug-likeness (QED) is 0.772. The predicted molar refractivity (Wildman–Crippen MR) is 59.3 cm³/mol. The lowest BCUT2D eigenvalue weighted by Gasteiger charge is -2.15. The normalized spacial score (nSPS) is 12.0. The van der Waals surface area contributed by atoms with Crippen LogP contribution in [0.4, 0.5) is 0 Å². The Balaban J connectivity index is 3.12. The zero-order valence-electron chi connectivity index (χ0n) is 9.28. The van der Waals surface area contributed by atoms with Gasteiger partial charge in [-0.25, -0.2) is 0 Å². The van der Waals surface area contributed by atoms with E-state index in [-0.39, 0.29) is 0 Å². The first kappa shape index (κ1) is 11.6. The summed E-state index contributed by atoms with van der Waals surface area (Å²) in [5.41, 5.74) is 1.38. The Morgan fingerprint density at radius 2 is 2.00 bits per heavy atom. The number of benzene rings is 1. The summed E-state index contributed by atoms with van der Waals surface area (Å²) in [7, 11) is 3.15. The lowest BCUT2D eigenvalue weighted by Crippen LogP contribution is -2.01. The molecular formula is C12H16O3. The molecular weight excluding hydrogens is 192 g/mol. The second kappa shape index (κ2) is 4.84. The van der Waals surface area contributed by atoms with Crippen molar-refractivity contribution in [2.75, 3.05) is 14.2 Å². The molecule has 0 fully saturated rings. The highest BCUT2D eigenvalue weighted by Crippen LogP contribution is 2.32. The van der Waals surface area contributed by atoms with Crippen LogP contribution in [0.3, 0.4) is 0 Å². The largest absolute Gasteiger partial charge is 0.497 e. The van der Waals surface area contributed by atoms with E-state index < -0.39 is 6.10 Å². The Hall–Kier alpha value is -1.48. The average Bonchev–Trinajstić information content (AvgIpc) is 2.27. The molecule has 0 saturated carbocycles. The molecule has 1 aromatic rings. The maximum atomic E-state index is 9.85. The van der Waals surface area contributed by atoms with Gasteiger partial charge in [0.2, 0.25) is 0 Å². The van der Waals surface area contributed by atoms with E-state index in [0.29, 0.717) is 22.6 Å². The van der Waals surface area contributed by atoms with Crippen LogP contribution < -0.4 is 9.47 Å². The third-order valence-corrected chi connectivity index (χ3v) is 2.20. The number of hydrogen-bond acceptors (Lipinski definition) is 3. The molecule has 3 heteroatoms. The van der Waals surface area contributed by atoms with Crippen molar-refractivity contribution in [3.05, 3.63) is 35.9 Å². The Bertz CT molecular complexity index is 358. The van der Waals surface area contributed by atoms with Crippen LogP contribution >= 0.6 is 0 Å². The molecule has 1 atom stereocenters. The van der Waals surface area contributed by atoms with Crippen LogP contribution in [-0.4, -0.2) is 19.3 Å². The maximum absolute atomic E-state index is 9.85. The van der Waals surface area contributed by atoms with Crippen LogP contribution in [0, 0.1) is 0 Å². The molecule has 1 rings (SSSR count). The van der Waals surface area contributed by atoms with Gasteiger partial charge in [-0.05, 0) is 24.6 Å². The van der Waals surface area contributed by atoms with E-state index >= 15 is 0 Å². The molecule has 0 heterocycles. The van der Waals surface area contributed by atoms with Gasteiger partial charge in [0.15, 0.2) is 0 Å². The molecule has 1 aromatic carbocycles. The third-order valence-electron chi connectivity index (χ3n) is 2.20. The second-order valence-electron chi connectivity index (χ2n) is 3.36. The summed E-state index contributed by atoms with van der Waals surface area (Å²) in [5, 5.41) is 9.85. The first-order valence-corrected chi connectivity index (χ1v) is 4.65. The minimum atomic E-state index is -0.703. The molecule has 1 N–H and O–H groups in total. The highest BCUT2D eigenvalue weighted by atomic mass is 16.5. The van der Waals surface area contributed by atoms with Crippen LogP contribution in [-0.2, 0) is 0 Å². The fourth-order valence-corrected chi connectivity index (χ4v) is 1.31. The summed E-state index contributed by atoms with van der Waals surface area (Å²) >= 11 is 0. The Labute approximate surface area is 90.0 Å². The average molecular weight is 208 g/mol. The number of aliphatic hydroxyl groups excluding tert-OH is 1. The molecule has 0 spiro atoms. The first-order chi connectivity index (χ1) is 7.10. The van der Waals surface area contributed by atoms with E-state index in [2.05, 4.69) is 6.58 Å². The van der Waals surface area contributed by atoms with E-state index in [9.17, 15) is 5.11 Å². The Kier molecular flexibility index (Phi) is 3.74. The van der Waals surface area contributed by atoms with Crippen LogP contribution in [0.15, 0.2) is 30.4 Å². The van der Waals surface area contributed by atoms with E-state index in [1.807, 2.05) is 0 Å². The number of aliphatic hydroxyl groups is 1. The molecule has 0 aliphatic carbocycles. The third kappa shape index (κ3) is 2.50. The summed E-state index contributed by atoms with van der Waals surface area (Å²) in [4.78, 5) is 0. The van der Waals surface area contributed by atoms with Crippen molar-refractivity contribution in [3.63, 3.8) is 0 Å². The highest BCUT2D eigenvalue weighted by Gasteiger charge is 2.14. The summed E-state index contributed by atoms with van der Waals surface area (Å²) in [5.74, 6) is 1.30. The molecule has 0 aliphatic heterocycles. The van der Waals surface area contributed by atoms with Crippen LogP contribution in [0.5, 0.6) is 11.5 Å². The molecule has 3 nitrogen and oxygen atoms in total. The summed E-state index contributed by atoms with van der Waals surface area (Å²) < 4.78 is 10.2. The fourth-order valence-electron chi connectivity index (χ4n) is 1.31. The predicted octanol–water partition coefficient (Wildman–Crippen LogP) is 2.31. The van der Waals surface area contributed by atoms with Gasteiger partial charge in [0, 0.05) is 11.6 Å². The zero-order chi connectivity index (χ0) is 11.4. The van der Waals surface area contributed by atoms with Gasteiger partial charge in [-0.3, -0.25) is 0 Å². The van der Waals surface area contributed by atoms with Gasteiger partial charge in [-0.1, -0.05) is 6.58 Å². The van der Waals surface area contributed by atoms with E-state index in [1.165, 1.54) is 0 Å². The number of hydrogen-bond donors (Lipinski definition) is 1. The fraction of sp³-hybridized carbons (Fsp3) is 0.333. The van der Waals surface area contributed by atoms with Crippen molar-refractivity contribution in [2.24, 2.45) is 0 Å². The molecule has 15 heavy (non-hydrogen) atoms. The molecule has 0 radical (unpaired) electrons. The van der Waals surface area contributed by atoms with E-state index in [0.717, 1.165) is 0 Å². The lowest BCUT2D eigenvalue weighted by atomic mass is 10.0. The number of ether oxygens (including phenoxy) is 2. The summed E-state index contributed by atoms with van der Waals surface area (Å²) in [6.07, 6.45) is -0.703. The van der Waals surface area contributed by atoms with Gasteiger partial charge in [-0.2, -0.15) is 0 Å². The Morgan fingerprint density at radius 1 is 1.33 bits per heavy atom. The van der Waals surface area contributed by atoms with Crippen molar-refractivity contribution in [2.45, 2.75) is 13.0 Å². The van der Waals surface area contributed by atoms with Crippen molar-refractivity contribution in [1.29, 1.82) is 0 Å². The van der Waals surface area contributed by atoms with Crippen molar-refractivity contribution >= 4 is 0 Å². The maximum Gasteiger partial charge on any atom is 0.128 e. The monoisotopic (exact) mass is 208 g/mol. The Morgan fingerprint density at radius 3 is 2.47 bits per heavy atom.